The minimum atomic E-state index is -0.524. The maximum atomic E-state index is 10.4. The second-order valence-corrected chi connectivity index (χ2v) is 8.85. The monoisotopic (exact) mass is 399 g/mol. The van der Waals surface area contributed by atoms with Crippen LogP contribution in [0.1, 0.15) is 37.7 Å². The van der Waals surface area contributed by atoms with Gasteiger partial charge in [0.1, 0.15) is 5.75 Å². The van der Waals surface area contributed by atoms with Crippen molar-refractivity contribution in [1.82, 2.24) is 10.2 Å². The van der Waals surface area contributed by atoms with Gasteiger partial charge >= 0.3 is 0 Å². The number of phenols is 1. The van der Waals surface area contributed by atoms with Crippen LogP contribution in [-0.2, 0) is 10.7 Å². The van der Waals surface area contributed by atoms with Crippen LogP contribution in [0.3, 0.4) is 0 Å². The number of hydrogen-bond donors (Lipinski definition) is 3. The molecule has 1 aromatic heterocycles. The van der Waals surface area contributed by atoms with E-state index >= 15 is 0 Å². The molecule has 1 aromatic carbocycles. The average Bonchev–Trinajstić information content (AvgIpc) is 2.90. The molecule has 0 amide bonds. The van der Waals surface area contributed by atoms with Crippen LogP contribution in [0.15, 0.2) is 35.7 Å². The first-order valence-corrected chi connectivity index (χ1v) is 11.3. The number of nitrogens with one attached hydrogen (secondary N) is 1. The highest BCUT2D eigenvalue weighted by Crippen LogP contribution is 2.30. The van der Waals surface area contributed by atoms with Gasteiger partial charge in [-0.2, -0.15) is 0 Å². The SMILES string of the molecule is CN(c1ccc(-c2ccc(/C=C/S(C)=N)cc2O)nn1)[C@H]1CCCCC(N)C1. The fourth-order valence-corrected chi connectivity index (χ4v) is 3.98. The fourth-order valence-electron chi connectivity index (χ4n) is 3.62. The number of aromatic nitrogens is 2. The molecule has 0 radical (unpaired) electrons. The molecule has 3 rings (SSSR count). The lowest BCUT2D eigenvalue weighted by Gasteiger charge is -2.29. The van der Waals surface area contributed by atoms with Crippen molar-refractivity contribution < 1.29 is 5.11 Å². The van der Waals surface area contributed by atoms with Crippen molar-refractivity contribution in [2.24, 2.45) is 5.73 Å². The molecular weight excluding hydrogens is 370 g/mol. The van der Waals surface area contributed by atoms with Gasteiger partial charge in [-0.25, -0.2) is 0 Å². The zero-order valence-corrected chi connectivity index (χ0v) is 17.3. The van der Waals surface area contributed by atoms with Crippen LogP contribution in [0.4, 0.5) is 5.82 Å². The quantitative estimate of drug-likeness (QED) is 0.662. The molecule has 0 saturated heterocycles. The second-order valence-electron chi connectivity index (χ2n) is 7.46. The summed E-state index contributed by atoms with van der Waals surface area (Å²) in [6, 6.07) is 9.93. The van der Waals surface area contributed by atoms with Crippen LogP contribution in [0, 0.1) is 4.78 Å². The van der Waals surface area contributed by atoms with E-state index in [2.05, 4.69) is 22.1 Å². The summed E-state index contributed by atoms with van der Waals surface area (Å²) in [5.74, 6) is 0.987. The molecule has 6 nitrogen and oxygen atoms in total. The average molecular weight is 400 g/mol. The number of nitrogens with two attached hydrogens (primary N) is 1. The summed E-state index contributed by atoms with van der Waals surface area (Å²) in [5, 5.41) is 20.9. The van der Waals surface area contributed by atoms with Crippen LogP contribution in [0.25, 0.3) is 17.3 Å². The first-order valence-electron chi connectivity index (χ1n) is 9.63. The Bertz CT molecular complexity index is 852. The van der Waals surface area contributed by atoms with Gasteiger partial charge in [-0.05, 0) is 66.8 Å². The van der Waals surface area contributed by atoms with Gasteiger partial charge in [0.15, 0.2) is 5.82 Å². The van der Waals surface area contributed by atoms with Gasteiger partial charge in [0.25, 0.3) is 0 Å². The molecule has 2 aromatic rings. The highest BCUT2D eigenvalue weighted by Gasteiger charge is 2.22. The fraction of sp³-hybridized carbons (Fsp3) is 0.429. The third kappa shape index (κ3) is 5.17. The predicted octanol–water partition coefficient (Wildman–Crippen LogP) is 3.93. The van der Waals surface area contributed by atoms with Gasteiger partial charge in [-0.1, -0.05) is 29.6 Å². The summed E-state index contributed by atoms with van der Waals surface area (Å²) in [4.78, 5) is 2.18. The molecule has 7 heteroatoms. The summed E-state index contributed by atoms with van der Waals surface area (Å²) in [5.41, 5.74) is 8.35. The lowest BCUT2D eigenvalue weighted by molar-refractivity contribution is 0.477. The first kappa shape index (κ1) is 20.5. The van der Waals surface area contributed by atoms with E-state index in [0.29, 0.717) is 17.3 Å². The number of benzene rings is 1. The smallest absolute Gasteiger partial charge is 0.151 e. The van der Waals surface area contributed by atoms with E-state index in [1.807, 2.05) is 36.6 Å². The maximum Gasteiger partial charge on any atom is 0.151 e. The summed E-state index contributed by atoms with van der Waals surface area (Å²) in [6.45, 7) is 0. The summed E-state index contributed by atoms with van der Waals surface area (Å²) >= 11 is 0. The van der Waals surface area contributed by atoms with Crippen molar-refractivity contribution in [1.29, 1.82) is 4.78 Å². The largest absolute Gasteiger partial charge is 0.507 e. The molecule has 0 aliphatic heterocycles. The highest BCUT2D eigenvalue weighted by atomic mass is 32.2. The molecule has 0 bridgehead atoms. The van der Waals surface area contributed by atoms with E-state index in [1.54, 1.807) is 11.5 Å². The Labute approximate surface area is 169 Å². The van der Waals surface area contributed by atoms with Crippen LogP contribution < -0.4 is 10.6 Å². The molecule has 1 aliphatic rings. The molecule has 150 valence electrons. The Morgan fingerprint density at radius 2 is 2.00 bits per heavy atom. The number of hydrogen-bond acceptors (Lipinski definition) is 6. The first-order chi connectivity index (χ1) is 13.4. The molecule has 4 N–H and O–H groups in total. The topological polar surface area (TPSA) is 99.1 Å². The van der Waals surface area contributed by atoms with E-state index in [4.69, 9.17) is 10.5 Å². The third-order valence-corrected chi connectivity index (χ3v) is 5.80. The van der Waals surface area contributed by atoms with Crippen molar-refractivity contribution in [2.75, 3.05) is 18.2 Å². The van der Waals surface area contributed by atoms with E-state index in [9.17, 15) is 5.11 Å². The van der Waals surface area contributed by atoms with Gasteiger partial charge < -0.3 is 15.7 Å². The van der Waals surface area contributed by atoms with Gasteiger partial charge in [0.05, 0.1) is 5.69 Å². The Morgan fingerprint density at radius 3 is 2.68 bits per heavy atom. The van der Waals surface area contributed by atoms with Crippen molar-refractivity contribution in [3.05, 3.63) is 41.3 Å². The molecular formula is C21H29N5OS. The van der Waals surface area contributed by atoms with E-state index in [-0.39, 0.29) is 11.8 Å². The van der Waals surface area contributed by atoms with Gasteiger partial charge in [-0.15, -0.1) is 10.2 Å². The lowest BCUT2D eigenvalue weighted by atomic mass is 10.0. The normalized spacial score (nSPS) is 21.4. The molecule has 3 atom stereocenters. The van der Waals surface area contributed by atoms with Gasteiger partial charge in [-0.3, -0.25) is 4.78 Å². The van der Waals surface area contributed by atoms with Crippen LogP contribution in [-0.4, -0.2) is 40.7 Å². The Hall–Kier alpha value is -2.25. The molecule has 2 unspecified atom stereocenters. The van der Waals surface area contributed by atoms with Crippen LogP contribution in [0.5, 0.6) is 5.75 Å². The van der Waals surface area contributed by atoms with E-state index < -0.39 is 10.7 Å². The van der Waals surface area contributed by atoms with Crippen LogP contribution >= 0.6 is 0 Å². The minimum Gasteiger partial charge on any atom is -0.507 e. The summed E-state index contributed by atoms with van der Waals surface area (Å²) in [6.07, 6.45) is 9.27. The molecule has 1 fully saturated rings. The highest BCUT2D eigenvalue weighted by molar-refractivity contribution is 7.88. The van der Waals surface area contributed by atoms with Crippen LogP contribution in [0.2, 0.25) is 0 Å². The van der Waals surface area contributed by atoms with Crippen molar-refractivity contribution >= 4 is 22.6 Å². The van der Waals surface area contributed by atoms with Crippen molar-refractivity contribution in [2.45, 2.75) is 44.2 Å². The number of rotatable bonds is 5. The Balaban J connectivity index is 1.76. The van der Waals surface area contributed by atoms with Crippen molar-refractivity contribution in [3.8, 4) is 17.0 Å². The standard InChI is InChI=1S/C21H29N5OS/c1-26(17-6-4-3-5-16(22)14-17)21-10-9-19(24-25-21)18-8-7-15(13-20(18)27)11-12-28(2)23/h7-13,16-17,23,27H,3-6,14,22H2,1-2H3/b12-11+/t16?,17-,28?/m0/s1. The zero-order valence-electron chi connectivity index (χ0n) is 16.5. The summed E-state index contributed by atoms with van der Waals surface area (Å²) in [7, 11) is 1.53. The molecule has 1 heterocycles. The van der Waals surface area contributed by atoms with E-state index in [1.165, 1.54) is 12.8 Å². The zero-order chi connectivity index (χ0) is 20.1. The third-order valence-electron chi connectivity index (χ3n) is 5.26. The molecule has 1 aliphatic carbocycles. The van der Waals surface area contributed by atoms with Crippen molar-refractivity contribution in [3.63, 3.8) is 0 Å². The number of nitrogens with zero attached hydrogens (tertiary/aromatic N) is 3. The Morgan fingerprint density at radius 1 is 1.21 bits per heavy atom. The van der Waals surface area contributed by atoms with Gasteiger partial charge in [0.2, 0.25) is 0 Å². The predicted molar refractivity (Wildman–Crippen MR) is 117 cm³/mol. The van der Waals surface area contributed by atoms with Gasteiger partial charge in [0, 0.05) is 24.7 Å². The lowest BCUT2D eigenvalue weighted by Crippen LogP contribution is -2.36. The number of phenolic OH excluding ortho intramolecular Hbond substituents is 1. The molecule has 1 saturated carbocycles. The van der Waals surface area contributed by atoms with E-state index in [0.717, 1.165) is 30.6 Å². The molecule has 28 heavy (non-hydrogen) atoms. The second kappa shape index (κ2) is 9.30. The summed E-state index contributed by atoms with van der Waals surface area (Å²) < 4.78 is 7.56. The minimum absolute atomic E-state index is 0.160. The number of anilines is 1. The maximum absolute atomic E-state index is 10.4. The Kier molecular flexibility index (Phi) is 6.80. The molecule has 0 spiro atoms. The number of aromatic hydroxyl groups is 1.